The zero-order valence-corrected chi connectivity index (χ0v) is 22.3. The summed E-state index contributed by atoms with van der Waals surface area (Å²) in [6.45, 7) is 5.24. The van der Waals surface area contributed by atoms with Gasteiger partial charge in [0, 0.05) is 23.7 Å². The first-order chi connectivity index (χ1) is 18.3. The monoisotopic (exact) mass is 564 g/mol. The average molecular weight is 565 g/mol. The van der Waals surface area contributed by atoms with Gasteiger partial charge in [0.1, 0.15) is 23.1 Å². The van der Waals surface area contributed by atoms with Crippen LogP contribution in [0.2, 0.25) is 0 Å². The number of nitrogens with zero attached hydrogens (tertiary/aromatic N) is 4. The Hall–Kier alpha value is -3.61. The standard InChI is InChI=1S/C26H27F3N4O5S/c1-4-37-24-14-30-13-19(32-24)16-5-6-17(20(11-16)38-26(27,28)29)12-22(34)25(2,3)21-9-10-31-23(33-21)15-39(35,36)18-7-8-18/h5-6,9-11,13-14,18H,4,7-8,12,15H2,1-3H3. The second kappa shape index (κ2) is 10.9. The number of carbonyl (C=O) groups excluding carboxylic acids is 1. The number of benzene rings is 1. The highest BCUT2D eigenvalue weighted by Gasteiger charge is 2.38. The van der Waals surface area contributed by atoms with E-state index in [1.54, 1.807) is 20.8 Å². The molecule has 1 fully saturated rings. The van der Waals surface area contributed by atoms with Crippen LogP contribution in [-0.2, 0) is 32.2 Å². The molecule has 2 aromatic heterocycles. The van der Waals surface area contributed by atoms with E-state index in [9.17, 15) is 26.4 Å². The molecule has 1 aromatic carbocycles. The van der Waals surface area contributed by atoms with Gasteiger partial charge in [-0.15, -0.1) is 13.2 Å². The first-order valence-corrected chi connectivity index (χ1v) is 13.9. The van der Waals surface area contributed by atoms with Crippen LogP contribution in [0.5, 0.6) is 11.6 Å². The van der Waals surface area contributed by atoms with Crippen molar-refractivity contribution in [3.8, 4) is 22.9 Å². The van der Waals surface area contributed by atoms with Gasteiger partial charge in [0.15, 0.2) is 9.84 Å². The lowest BCUT2D eigenvalue weighted by Crippen LogP contribution is -2.32. The predicted molar refractivity (Wildman–Crippen MR) is 135 cm³/mol. The van der Waals surface area contributed by atoms with Gasteiger partial charge in [-0.2, -0.15) is 0 Å². The molecule has 208 valence electrons. The molecular weight excluding hydrogens is 537 g/mol. The lowest BCUT2D eigenvalue weighted by Gasteiger charge is -2.24. The fourth-order valence-electron chi connectivity index (χ4n) is 3.86. The highest BCUT2D eigenvalue weighted by Crippen LogP contribution is 2.34. The van der Waals surface area contributed by atoms with E-state index in [0.717, 1.165) is 6.07 Å². The van der Waals surface area contributed by atoms with Crippen LogP contribution in [0.15, 0.2) is 42.9 Å². The van der Waals surface area contributed by atoms with E-state index in [-0.39, 0.29) is 45.2 Å². The van der Waals surface area contributed by atoms with Crippen LogP contribution in [0.25, 0.3) is 11.3 Å². The Kier molecular flexibility index (Phi) is 7.92. The topological polar surface area (TPSA) is 121 Å². The summed E-state index contributed by atoms with van der Waals surface area (Å²) in [6.07, 6.45) is -0.0499. The van der Waals surface area contributed by atoms with E-state index in [2.05, 4.69) is 24.7 Å². The number of halogens is 3. The van der Waals surface area contributed by atoms with Crippen LogP contribution >= 0.6 is 0 Å². The molecule has 0 unspecified atom stereocenters. The van der Waals surface area contributed by atoms with Gasteiger partial charge in [-0.3, -0.25) is 9.78 Å². The fraction of sp³-hybridized carbons (Fsp3) is 0.423. The van der Waals surface area contributed by atoms with Gasteiger partial charge in [0.2, 0.25) is 5.88 Å². The summed E-state index contributed by atoms with van der Waals surface area (Å²) >= 11 is 0. The summed E-state index contributed by atoms with van der Waals surface area (Å²) in [4.78, 5) is 30.0. The largest absolute Gasteiger partial charge is 0.573 e. The van der Waals surface area contributed by atoms with Gasteiger partial charge in [0.05, 0.1) is 41.1 Å². The Labute approximate surface area is 223 Å². The van der Waals surface area contributed by atoms with Crippen molar-refractivity contribution in [3.05, 3.63) is 59.9 Å². The minimum Gasteiger partial charge on any atom is -0.477 e. The Morgan fingerprint density at radius 2 is 1.85 bits per heavy atom. The molecule has 4 rings (SSSR count). The van der Waals surface area contributed by atoms with Crippen LogP contribution in [0.4, 0.5) is 13.2 Å². The SMILES string of the molecule is CCOc1cncc(-c2ccc(CC(=O)C(C)(C)c3ccnc(CS(=O)(=O)C4CC4)n3)c(OC(F)(F)F)c2)n1. The second-order valence-electron chi connectivity index (χ2n) is 9.64. The maximum absolute atomic E-state index is 13.4. The van der Waals surface area contributed by atoms with E-state index >= 15 is 0 Å². The van der Waals surface area contributed by atoms with E-state index in [1.807, 2.05) is 0 Å². The van der Waals surface area contributed by atoms with Crippen molar-refractivity contribution in [2.75, 3.05) is 6.61 Å². The number of carbonyl (C=O) groups is 1. The summed E-state index contributed by atoms with van der Waals surface area (Å²) in [5.41, 5.74) is -0.432. The molecule has 13 heteroatoms. The first-order valence-electron chi connectivity index (χ1n) is 12.2. The van der Waals surface area contributed by atoms with Crippen LogP contribution in [0.3, 0.4) is 0 Å². The zero-order valence-electron chi connectivity index (χ0n) is 21.5. The molecule has 1 aliphatic carbocycles. The predicted octanol–water partition coefficient (Wildman–Crippen LogP) is 4.40. The minimum atomic E-state index is -5.00. The number of Topliss-reactive ketones (excluding diaryl/α,β-unsaturated/α-hetero) is 1. The smallest absolute Gasteiger partial charge is 0.477 e. The molecule has 0 bridgehead atoms. The van der Waals surface area contributed by atoms with Gasteiger partial charge >= 0.3 is 6.36 Å². The molecule has 0 atom stereocenters. The summed E-state index contributed by atoms with van der Waals surface area (Å²) in [7, 11) is -3.38. The third-order valence-electron chi connectivity index (χ3n) is 6.25. The van der Waals surface area contributed by atoms with Crippen LogP contribution in [0, 0.1) is 0 Å². The van der Waals surface area contributed by atoms with Crippen LogP contribution < -0.4 is 9.47 Å². The summed E-state index contributed by atoms with van der Waals surface area (Å²) < 4.78 is 74.1. The van der Waals surface area contributed by atoms with E-state index < -0.39 is 39.6 Å². The number of sulfone groups is 1. The molecule has 3 aromatic rings. The normalized spacial score (nSPS) is 14.2. The second-order valence-corrected chi connectivity index (χ2v) is 11.9. The van der Waals surface area contributed by atoms with E-state index in [4.69, 9.17) is 4.74 Å². The third kappa shape index (κ3) is 7.08. The van der Waals surface area contributed by atoms with Crippen molar-refractivity contribution in [1.29, 1.82) is 0 Å². The number of ether oxygens (including phenoxy) is 2. The molecule has 0 amide bonds. The Bertz CT molecular complexity index is 1470. The lowest BCUT2D eigenvalue weighted by atomic mass is 9.81. The molecular formula is C26H27F3N4O5S. The Balaban J connectivity index is 1.60. The first kappa shape index (κ1) is 28.4. The third-order valence-corrected chi connectivity index (χ3v) is 8.40. The number of hydrogen-bond acceptors (Lipinski definition) is 9. The number of alkyl halides is 3. The maximum Gasteiger partial charge on any atom is 0.573 e. The summed E-state index contributed by atoms with van der Waals surface area (Å²) in [5.74, 6) is -1.06. The lowest BCUT2D eigenvalue weighted by molar-refractivity contribution is -0.274. The van der Waals surface area contributed by atoms with Crippen LogP contribution in [-0.4, -0.2) is 52.4 Å². The average Bonchev–Trinajstić information content (AvgIpc) is 3.71. The maximum atomic E-state index is 13.4. The number of rotatable bonds is 11. The summed E-state index contributed by atoms with van der Waals surface area (Å²) in [6, 6.07) is 5.52. The molecule has 0 radical (unpaired) electrons. The molecule has 1 saturated carbocycles. The zero-order chi connectivity index (χ0) is 28.4. The van der Waals surface area contributed by atoms with Crippen molar-refractivity contribution in [2.45, 2.75) is 62.8 Å². The van der Waals surface area contributed by atoms with Crippen molar-refractivity contribution in [1.82, 2.24) is 19.9 Å². The summed E-state index contributed by atoms with van der Waals surface area (Å²) in [5, 5.41) is -0.387. The van der Waals surface area contributed by atoms with Gasteiger partial charge in [-0.25, -0.2) is 23.4 Å². The molecule has 1 aliphatic rings. The molecule has 0 saturated heterocycles. The van der Waals surface area contributed by atoms with Gasteiger partial charge in [-0.05, 0) is 45.7 Å². The molecule has 0 N–H and O–H groups in total. The molecule has 0 aliphatic heterocycles. The van der Waals surface area contributed by atoms with Crippen molar-refractivity contribution >= 4 is 15.6 Å². The van der Waals surface area contributed by atoms with E-state index in [1.165, 1.54) is 36.8 Å². The van der Waals surface area contributed by atoms with Gasteiger partial charge < -0.3 is 9.47 Å². The fourth-order valence-corrected chi connectivity index (χ4v) is 5.45. The van der Waals surface area contributed by atoms with Crippen molar-refractivity contribution in [2.24, 2.45) is 0 Å². The van der Waals surface area contributed by atoms with Crippen molar-refractivity contribution in [3.63, 3.8) is 0 Å². The minimum absolute atomic E-state index is 0.00802. The highest BCUT2D eigenvalue weighted by molar-refractivity contribution is 7.91. The van der Waals surface area contributed by atoms with Crippen molar-refractivity contribution < 1.29 is 35.9 Å². The Morgan fingerprint density at radius 1 is 1.10 bits per heavy atom. The number of ketones is 1. The number of hydrogen-bond donors (Lipinski definition) is 0. The molecule has 0 spiro atoms. The highest BCUT2D eigenvalue weighted by atomic mass is 32.2. The van der Waals surface area contributed by atoms with Crippen LogP contribution in [0.1, 0.15) is 50.7 Å². The Morgan fingerprint density at radius 3 is 2.51 bits per heavy atom. The molecule has 9 nitrogen and oxygen atoms in total. The molecule has 2 heterocycles. The van der Waals surface area contributed by atoms with Gasteiger partial charge in [0.25, 0.3) is 0 Å². The quantitative estimate of drug-likeness (QED) is 0.334. The van der Waals surface area contributed by atoms with E-state index in [0.29, 0.717) is 19.4 Å². The molecule has 39 heavy (non-hydrogen) atoms. The van der Waals surface area contributed by atoms with Gasteiger partial charge in [-0.1, -0.05) is 12.1 Å². The number of aromatic nitrogens is 4.